The summed E-state index contributed by atoms with van der Waals surface area (Å²) in [6, 6.07) is 41.5. The summed E-state index contributed by atoms with van der Waals surface area (Å²) in [4.78, 5) is 156. The lowest BCUT2D eigenvalue weighted by molar-refractivity contribution is -0.123. The molecule has 0 saturated carbocycles. The van der Waals surface area contributed by atoms with E-state index in [1.54, 1.807) is 115 Å². The minimum absolute atomic E-state index is 0.0680. The molecule has 0 unspecified atom stereocenters. The maximum atomic E-state index is 12.9. The second-order valence-electron chi connectivity index (χ2n) is 28.3. The van der Waals surface area contributed by atoms with Crippen molar-refractivity contribution < 1.29 is 91.1 Å². The number of carbonyl (C=O) groups excluding carboxylic acids is 12. The Hall–Kier alpha value is -14.8. The van der Waals surface area contributed by atoms with Crippen LogP contribution in [0.25, 0.3) is 0 Å². The van der Waals surface area contributed by atoms with Crippen molar-refractivity contribution in [2.24, 2.45) is 0 Å². The molecule has 0 radical (unpaired) electrons. The van der Waals surface area contributed by atoms with Gasteiger partial charge in [0.15, 0.2) is 0 Å². The normalized spacial score (nSPS) is 20.1. The molecule has 8 aromatic rings. The molecule has 4 fully saturated rings. The van der Waals surface area contributed by atoms with Gasteiger partial charge in [-0.1, -0.05) is 95.4 Å². The number of rotatable bonds is 15. The van der Waals surface area contributed by atoms with Crippen LogP contribution >= 0.6 is 22.9 Å². The Morgan fingerprint density at radius 2 is 0.775 bits per heavy atom. The Balaban J connectivity index is 0.000000131. The topological polar surface area (TPSA) is 390 Å². The third kappa shape index (κ3) is 17.2. The molecular weight excluding hydrogens is 1580 g/mol. The highest BCUT2D eigenvalue weighted by Crippen LogP contribution is 2.35. The Morgan fingerprint density at radius 1 is 0.417 bits per heavy atom. The van der Waals surface area contributed by atoms with Crippen molar-refractivity contribution in [3.05, 3.63) is 233 Å². The molecule has 0 aliphatic carbocycles. The van der Waals surface area contributed by atoms with Crippen molar-refractivity contribution >= 4 is 94.3 Å². The number of hydrogen-bond donors (Lipinski definition) is 9. The number of fused-ring (bicyclic) bond motifs is 5. The molecule has 4 atom stereocenters. The number of aliphatic hydroxyl groups excluding tert-OH is 1. The summed E-state index contributed by atoms with van der Waals surface area (Å²) in [6.45, 7) is 3.87. The average Bonchev–Trinajstić information content (AvgIpc) is 1.63. The molecule has 9 aliphatic rings. The fourth-order valence-corrected chi connectivity index (χ4v) is 15.2. The van der Waals surface area contributed by atoms with E-state index in [4.69, 9.17) is 40.0 Å². The molecule has 4 saturated heterocycles. The highest BCUT2D eigenvalue weighted by Gasteiger charge is 2.53. The maximum absolute atomic E-state index is 12.9. The van der Waals surface area contributed by atoms with E-state index in [-0.39, 0.29) is 56.4 Å². The van der Waals surface area contributed by atoms with Crippen LogP contribution in [0.2, 0.25) is 4.34 Å². The zero-order valence-electron chi connectivity index (χ0n) is 64.8. The van der Waals surface area contributed by atoms with Crippen molar-refractivity contribution in [3.63, 3.8) is 0 Å². The zero-order valence-corrected chi connectivity index (χ0v) is 66.4. The summed E-state index contributed by atoms with van der Waals surface area (Å²) < 4.78 is 32.2. The fraction of sp³-hybridized carbons (Fsp3) is 0.241. The van der Waals surface area contributed by atoms with Crippen molar-refractivity contribution in [1.82, 2.24) is 62.1 Å². The molecule has 31 nitrogen and oxygen atoms in total. The van der Waals surface area contributed by atoms with Gasteiger partial charge in [0, 0.05) is 71.5 Å². The molecule has 9 N–H and O–H groups in total. The summed E-state index contributed by atoms with van der Waals surface area (Å²) >= 11 is 7.18. The van der Waals surface area contributed by atoms with Gasteiger partial charge in [-0.15, -0.1) is 11.3 Å². The van der Waals surface area contributed by atoms with E-state index < -0.39 is 69.9 Å². The minimum Gasteiger partial charge on any atom is -0.497 e. The Bertz CT molecular complexity index is 5930. The smallest absolute Gasteiger partial charge is 0.323 e. The molecule has 7 aromatic carbocycles. The van der Waals surface area contributed by atoms with Crippen LogP contribution in [0.4, 0.5) is 19.2 Å². The van der Waals surface area contributed by atoms with Gasteiger partial charge >= 0.3 is 24.1 Å². The summed E-state index contributed by atoms with van der Waals surface area (Å²) in [6.07, 6.45) is 0.803. The summed E-state index contributed by atoms with van der Waals surface area (Å²) in [7, 11) is 6.11. The van der Waals surface area contributed by atoms with Crippen LogP contribution in [0.1, 0.15) is 103 Å². The largest absolute Gasteiger partial charge is 0.497 e. The van der Waals surface area contributed by atoms with Gasteiger partial charge in [0.25, 0.3) is 47.3 Å². The number of amides is 16. The minimum atomic E-state index is -1.58. The first-order chi connectivity index (χ1) is 57.7. The van der Waals surface area contributed by atoms with Crippen LogP contribution in [0.15, 0.2) is 152 Å². The number of imide groups is 4. The van der Waals surface area contributed by atoms with Gasteiger partial charge in [-0.05, 0) is 156 Å². The maximum Gasteiger partial charge on any atom is 0.323 e. The van der Waals surface area contributed by atoms with Crippen LogP contribution < -0.4 is 71.0 Å². The molecule has 16 amide bonds. The van der Waals surface area contributed by atoms with Gasteiger partial charge in [0.1, 0.15) is 34.5 Å². The Kier molecular flexibility index (Phi) is 23.3. The van der Waals surface area contributed by atoms with Gasteiger partial charge in [0.05, 0.1) is 83.7 Å². The first-order valence-electron chi connectivity index (χ1n) is 37.2. The number of methoxy groups -OCH3 is 4. The molecule has 608 valence electrons. The van der Waals surface area contributed by atoms with E-state index in [0.29, 0.717) is 122 Å². The number of benzene rings is 7. The van der Waals surface area contributed by atoms with Crippen LogP contribution in [0.3, 0.4) is 0 Å². The van der Waals surface area contributed by atoms with Crippen LogP contribution in [-0.4, -0.2) is 186 Å². The van der Waals surface area contributed by atoms with E-state index in [1.807, 2.05) is 43.3 Å². The predicted octanol–water partition coefficient (Wildman–Crippen LogP) is 5.66. The number of aliphatic hydroxyl groups is 1. The molecule has 0 spiro atoms. The number of nitrogens with zero attached hydrogens (tertiary/aromatic N) is 4. The van der Waals surface area contributed by atoms with Crippen LogP contribution in [0.5, 0.6) is 34.5 Å². The highest BCUT2D eigenvalue weighted by molar-refractivity contribution is 7.16. The predicted molar refractivity (Wildman–Crippen MR) is 431 cm³/mol. The quantitative estimate of drug-likeness (QED) is 0.0441. The number of carbonyl (C=O) groups is 12. The second-order valence-corrected chi connectivity index (χ2v) is 30.0. The number of halogens is 1. The highest BCUT2D eigenvalue weighted by atomic mass is 35.5. The van der Waals surface area contributed by atoms with E-state index in [0.717, 1.165) is 40.0 Å². The Labute approximate surface area is 695 Å². The van der Waals surface area contributed by atoms with Crippen LogP contribution in [-0.2, 0) is 58.4 Å². The zero-order chi connectivity index (χ0) is 84.8. The van der Waals surface area contributed by atoms with Gasteiger partial charge in [-0.2, -0.15) is 0 Å². The molecule has 33 heteroatoms. The van der Waals surface area contributed by atoms with Crippen molar-refractivity contribution in [2.45, 2.75) is 68.3 Å². The number of hydrogen-bond acceptors (Lipinski definition) is 20. The van der Waals surface area contributed by atoms with E-state index in [9.17, 15) is 62.6 Å². The molecular formula is C87H73ClN12O19S. The molecule has 17 rings (SSSR count). The SMILES string of the molecule is CCOc1ccc(C#C[C@]2(CN3Cc4ccc(OC)cc4C3=O)NC(=O)NC2=O)cc1.COc1ccc2c(c1)C(=O)N(C[C@@]1(C#Cc3ccc(Cl)s3)NC(=O)NC1=O)C2.COc1ccc2c(c1)C(=O)N(C[C@@]1(C#Cc3ccc4c(c3)CCO4)NC(=O)NC1=O)C2.COc1ccc2c(c1)C(=O)N(C[C@@]1(C#Cc3cccc(CO)c3)NC(=O)NC1=O)C2. The molecule has 10 heterocycles. The van der Waals surface area contributed by atoms with Gasteiger partial charge in [-0.25, -0.2) is 19.2 Å². The van der Waals surface area contributed by atoms with Crippen LogP contribution in [0, 0.1) is 47.4 Å². The number of ether oxygens (including phenoxy) is 6. The van der Waals surface area contributed by atoms with Crippen molar-refractivity contribution in [2.75, 3.05) is 67.8 Å². The van der Waals surface area contributed by atoms with E-state index in [2.05, 4.69) is 89.9 Å². The standard InChI is InChI=1S/C23H19N3O5.C23H21N3O5.C22H19N3O5.C19H14ClN3O4S/c1-30-17-4-3-16-12-26(20(27)18(16)11-17)13-23(21(28)24-22(29)25-23)8-6-14-2-5-19-15(10-14)7-9-31-19;1-3-31-17-7-4-15(5-8-17)10-11-23(21(28)24-22(29)25-23)14-26-13-16-6-9-18(30-2)12-19(16)20(26)27;1-30-17-6-5-16-11-25(19(27)18(16)10-17)13-22(20(28)23-21(29)24-22)8-7-14-3-2-4-15(9-14)12-26;1-27-12-3-2-11-9-23(16(24)14(11)8-12)10-19(17(25)21-18(26)22-19)7-6-13-4-5-15(20)28-13/h2-5,10-11H,7,9,12-13H2,1H3,(H2,24,25,28,29);4-9,12H,3,13-14H2,1-2H3,(H2,24,25,28,29);2-6,9-10,26H,11-13H2,1H3,(H2,23,24,28,29);2-5,8H,9-10H2,1H3,(H2,21,22,25,26)/t2*23-;22-;19-/m1111/s1. The lowest BCUT2D eigenvalue weighted by Crippen LogP contribution is -2.54. The number of nitrogens with one attached hydrogen (secondary N) is 8. The van der Waals surface area contributed by atoms with Gasteiger partial charge in [-0.3, -0.25) is 59.6 Å². The Morgan fingerprint density at radius 3 is 1.12 bits per heavy atom. The summed E-state index contributed by atoms with van der Waals surface area (Å²) in [5, 5.41) is 28.5. The van der Waals surface area contributed by atoms with Crippen molar-refractivity contribution in [3.8, 4) is 81.9 Å². The lowest BCUT2D eigenvalue weighted by atomic mass is 9.98. The molecule has 9 aliphatic heterocycles. The third-order valence-electron chi connectivity index (χ3n) is 20.5. The monoisotopic (exact) mass is 1660 g/mol. The first kappa shape index (κ1) is 81.7. The van der Waals surface area contributed by atoms with Crippen molar-refractivity contribution in [1.29, 1.82) is 0 Å². The summed E-state index contributed by atoms with van der Waals surface area (Å²) in [5.41, 5.74) is 2.81. The fourth-order valence-electron chi connectivity index (χ4n) is 14.3. The van der Waals surface area contributed by atoms with E-state index >= 15 is 0 Å². The molecule has 0 bridgehead atoms. The lowest BCUT2D eigenvalue weighted by Gasteiger charge is -2.26. The summed E-state index contributed by atoms with van der Waals surface area (Å²) in [5.74, 6) is 23.7. The number of thiophene rings is 1. The number of urea groups is 4. The van der Waals surface area contributed by atoms with Gasteiger partial charge < -0.3 is 74.4 Å². The van der Waals surface area contributed by atoms with E-state index in [1.165, 1.54) is 59.4 Å². The van der Waals surface area contributed by atoms with Gasteiger partial charge in [0.2, 0.25) is 22.2 Å². The third-order valence-corrected chi connectivity index (χ3v) is 21.6. The molecule has 1 aromatic heterocycles. The average molecular weight is 1660 g/mol. The molecule has 120 heavy (non-hydrogen) atoms. The second kappa shape index (κ2) is 34.2. The first-order valence-corrected chi connectivity index (χ1v) is 38.4.